The Morgan fingerprint density at radius 3 is 2.42 bits per heavy atom. The molecule has 1 aromatic carbocycles. The van der Waals surface area contributed by atoms with Crippen molar-refractivity contribution in [3.05, 3.63) is 39.4 Å². The first-order chi connectivity index (χ1) is 12.5. The molecule has 4 fully saturated rings. The highest BCUT2D eigenvalue weighted by atomic mass is 32.1. The Morgan fingerprint density at radius 2 is 1.77 bits per heavy atom. The Bertz CT molecular complexity index is 971. The topological polar surface area (TPSA) is 66.9 Å². The van der Waals surface area contributed by atoms with Crippen LogP contribution in [0.2, 0.25) is 0 Å². The zero-order valence-corrected chi connectivity index (χ0v) is 15.5. The molecule has 1 amide bonds. The summed E-state index contributed by atoms with van der Waals surface area (Å²) >= 11 is 5.29. The van der Waals surface area contributed by atoms with Crippen LogP contribution < -0.4 is 11.0 Å². The third-order valence-electron chi connectivity index (χ3n) is 6.74. The molecule has 1 aromatic heterocycles. The van der Waals surface area contributed by atoms with Gasteiger partial charge in [-0.2, -0.15) is 4.68 Å². The van der Waals surface area contributed by atoms with Crippen molar-refractivity contribution in [2.75, 3.05) is 5.43 Å². The van der Waals surface area contributed by atoms with E-state index in [4.69, 9.17) is 12.2 Å². The third-order valence-corrected chi connectivity index (χ3v) is 7.03. The Balaban J connectivity index is 1.40. The number of nitrogens with one attached hydrogen (secondary N) is 2. The van der Waals surface area contributed by atoms with Crippen LogP contribution in [0.5, 0.6) is 0 Å². The fourth-order valence-corrected chi connectivity index (χ4v) is 6.51. The Kier molecular flexibility index (Phi) is 3.61. The fraction of sp³-hybridized carbons (Fsp3) is 0.550. The molecule has 0 unspecified atom stereocenters. The highest BCUT2D eigenvalue weighted by Crippen LogP contribution is 2.61. The molecule has 0 radical (unpaired) electrons. The molecule has 26 heavy (non-hydrogen) atoms. The predicted octanol–water partition coefficient (Wildman–Crippen LogP) is 3.74. The van der Waals surface area contributed by atoms with Gasteiger partial charge in [-0.3, -0.25) is 15.0 Å². The number of rotatable bonds is 3. The molecular weight excluding hydrogens is 346 g/mol. The zero-order chi connectivity index (χ0) is 17.9. The van der Waals surface area contributed by atoms with Gasteiger partial charge in [0, 0.05) is 6.42 Å². The van der Waals surface area contributed by atoms with Crippen LogP contribution in [0, 0.1) is 27.9 Å². The van der Waals surface area contributed by atoms with Crippen molar-refractivity contribution in [3.63, 3.8) is 0 Å². The summed E-state index contributed by atoms with van der Waals surface area (Å²) in [5.74, 6) is 2.32. The van der Waals surface area contributed by atoms with Crippen LogP contribution in [0.25, 0.3) is 10.9 Å². The molecule has 6 rings (SSSR count). The number of fused-ring (bicyclic) bond motifs is 1. The quantitative estimate of drug-likeness (QED) is 0.810. The molecule has 4 aliphatic carbocycles. The van der Waals surface area contributed by atoms with Crippen molar-refractivity contribution in [1.82, 2.24) is 9.66 Å². The molecule has 6 heteroatoms. The van der Waals surface area contributed by atoms with Gasteiger partial charge in [0.25, 0.3) is 5.56 Å². The van der Waals surface area contributed by atoms with Gasteiger partial charge in [-0.1, -0.05) is 12.1 Å². The van der Waals surface area contributed by atoms with E-state index in [1.54, 1.807) is 6.07 Å². The number of para-hydroxylation sites is 1. The predicted molar refractivity (Wildman–Crippen MR) is 103 cm³/mol. The van der Waals surface area contributed by atoms with Crippen LogP contribution in [0.15, 0.2) is 29.1 Å². The van der Waals surface area contributed by atoms with E-state index in [-0.39, 0.29) is 21.7 Å². The smallest absolute Gasteiger partial charge is 0.281 e. The second-order valence-electron chi connectivity index (χ2n) is 8.75. The number of carbonyl (C=O) groups excluding carboxylic acids is 1. The van der Waals surface area contributed by atoms with E-state index in [1.807, 2.05) is 18.2 Å². The number of aromatic amines is 1. The van der Waals surface area contributed by atoms with Crippen LogP contribution >= 0.6 is 12.2 Å². The largest absolute Gasteiger partial charge is 0.330 e. The van der Waals surface area contributed by atoms with Crippen molar-refractivity contribution in [2.45, 2.75) is 44.9 Å². The number of carbonyl (C=O) groups is 1. The normalized spacial score (nSPS) is 32.1. The lowest BCUT2D eigenvalue weighted by Crippen LogP contribution is -2.48. The minimum atomic E-state index is -0.275. The molecule has 2 N–H and O–H groups in total. The molecule has 0 atom stereocenters. The molecule has 4 bridgehead atoms. The summed E-state index contributed by atoms with van der Waals surface area (Å²) in [6, 6.07) is 7.21. The van der Waals surface area contributed by atoms with E-state index >= 15 is 0 Å². The first kappa shape index (κ1) is 16.2. The van der Waals surface area contributed by atoms with Gasteiger partial charge < -0.3 is 4.98 Å². The van der Waals surface area contributed by atoms with Crippen LogP contribution in [-0.2, 0) is 4.79 Å². The molecule has 5 nitrogen and oxygen atoms in total. The minimum absolute atomic E-state index is 0.0937. The number of hydrogen-bond acceptors (Lipinski definition) is 3. The number of nitrogens with zero attached hydrogens (tertiary/aromatic N) is 1. The summed E-state index contributed by atoms with van der Waals surface area (Å²) in [7, 11) is 0. The van der Waals surface area contributed by atoms with Crippen molar-refractivity contribution < 1.29 is 4.79 Å². The first-order valence-corrected chi connectivity index (χ1v) is 9.96. The molecule has 2 aromatic rings. The number of H-pyrrole nitrogens is 1. The van der Waals surface area contributed by atoms with Crippen molar-refractivity contribution >= 4 is 29.0 Å². The molecule has 1 heterocycles. The van der Waals surface area contributed by atoms with E-state index < -0.39 is 0 Å². The number of aromatic nitrogens is 2. The Morgan fingerprint density at radius 1 is 1.15 bits per heavy atom. The molecule has 0 spiro atoms. The Labute approximate surface area is 156 Å². The van der Waals surface area contributed by atoms with Gasteiger partial charge in [-0.05, 0) is 86.0 Å². The van der Waals surface area contributed by atoms with E-state index in [1.165, 1.54) is 43.2 Å². The number of hydrogen-bond donors (Lipinski definition) is 2. The fourth-order valence-electron chi connectivity index (χ4n) is 6.28. The molecule has 4 aliphatic rings. The highest BCUT2D eigenvalue weighted by Gasteiger charge is 2.51. The van der Waals surface area contributed by atoms with Crippen molar-refractivity contribution in [3.8, 4) is 0 Å². The average molecular weight is 369 g/mol. The van der Waals surface area contributed by atoms with Gasteiger partial charge in [-0.15, -0.1) is 0 Å². The Hall–Kier alpha value is -1.95. The SMILES string of the molecule is O=C(CC12CC3CC(CC(C3)C1)C2)Nn1c(=S)[nH]c2ccccc2c1=O. The summed E-state index contributed by atoms with van der Waals surface area (Å²) in [5.41, 5.74) is 3.33. The maximum absolute atomic E-state index is 12.8. The summed E-state index contributed by atoms with van der Waals surface area (Å²) in [5, 5.41) is 0.524. The average Bonchev–Trinajstić information content (AvgIpc) is 2.57. The molecule has 136 valence electrons. The summed E-state index contributed by atoms with van der Waals surface area (Å²) in [6.45, 7) is 0. The lowest BCUT2D eigenvalue weighted by molar-refractivity contribution is -0.125. The summed E-state index contributed by atoms with van der Waals surface area (Å²) in [4.78, 5) is 28.5. The highest BCUT2D eigenvalue weighted by molar-refractivity contribution is 7.71. The van der Waals surface area contributed by atoms with E-state index in [2.05, 4.69) is 10.4 Å². The molecule has 0 aliphatic heterocycles. The van der Waals surface area contributed by atoms with Crippen LogP contribution in [-0.4, -0.2) is 15.6 Å². The maximum atomic E-state index is 12.8. The van der Waals surface area contributed by atoms with Crippen molar-refractivity contribution in [2.24, 2.45) is 23.2 Å². The van der Waals surface area contributed by atoms with E-state index in [9.17, 15) is 9.59 Å². The summed E-state index contributed by atoms with van der Waals surface area (Å²) in [6.07, 6.45) is 8.09. The maximum Gasteiger partial charge on any atom is 0.281 e. The van der Waals surface area contributed by atoms with E-state index in [0.717, 1.165) is 17.8 Å². The molecular formula is C20H23N3O2S. The first-order valence-electron chi connectivity index (χ1n) is 9.55. The summed E-state index contributed by atoms with van der Waals surface area (Å²) < 4.78 is 1.42. The van der Waals surface area contributed by atoms with Crippen LogP contribution in [0.1, 0.15) is 44.9 Å². The standard InChI is InChI=1S/C20H23N3O2S/c24-17(11-20-8-12-5-13(9-20)7-14(6-12)10-20)22-23-18(25)15-3-1-2-4-16(15)21-19(23)26/h1-4,12-14H,5-11H2,(H,21,26)(H,22,24). The van der Waals surface area contributed by atoms with E-state index in [0.29, 0.717) is 17.3 Å². The lowest BCUT2D eigenvalue weighted by atomic mass is 9.49. The molecule has 0 saturated heterocycles. The van der Waals surface area contributed by atoms with Crippen molar-refractivity contribution in [1.29, 1.82) is 0 Å². The van der Waals surface area contributed by atoms with Gasteiger partial charge in [0.15, 0.2) is 4.77 Å². The van der Waals surface area contributed by atoms with Gasteiger partial charge in [0.2, 0.25) is 5.91 Å². The zero-order valence-electron chi connectivity index (χ0n) is 14.7. The molecule has 4 saturated carbocycles. The van der Waals surface area contributed by atoms with Crippen LogP contribution in [0.3, 0.4) is 0 Å². The van der Waals surface area contributed by atoms with Crippen LogP contribution in [0.4, 0.5) is 0 Å². The minimum Gasteiger partial charge on any atom is -0.330 e. The van der Waals surface area contributed by atoms with Gasteiger partial charge in [0.1, 0.15) is 0 Å². The second kappa shape index (κ2) is 5.78. The van der Waals surface area contributed by atoms with Gasteiger partial charge >= 0.3 is 0 Å². The number of amides is 1. The second-order valence-corrected chi connectivity index (χ2v) is 9.13. The monoisotopic (exact) mass is 369 g/mol. The van der Waals surface area contributed by atoms with Gasteiger partial charge in [-0.25, -0.2) is 0 Å². The third kappa shape index (κ3) is 2.62. The number of benzene rings is 1. The van der Waals surface area contributed by atoms with Gasteiger partial charge in [0.05, 0.1) is 10.9 Å². The lowest BCUT2D eigenvalue weighted by Gasteiger charge is -2.56.